The van der Waals surface area contributed by atoms with Crippen LogP contribution in [0, 0.1) is 13.8 Å². The molecular weight excluding hydrogens is 392 g/mol. The summed E-state index contributed by atoms with van der Waals surface area (Å²) in [6.45, 7) is 3.85. The van der Waals surface area contributed by atoms with Crippen LogP contribution in [0.25, 0.3) is 10.2 Å². The standard InChI is InChI=1S/C21H22N2O5S/c1-12-6-7-14(8-13(12)2)20(25)22-21-23(11-19(24)28-5)15-9-16(26-3)17(27-4)10-18(15)29-21/h6-10H,11H2,1-5H3. The van der Waals surface area contributed by atoms with E-state index in [4.69, 9.17) is 14.2 Å². The van der Waals surface area contributed by atoms with E-state index in [0.717, 1.165) is 15.8 Å². The Morgan fingerprint density at radius 3 is 2.31 bits per heavy atom. The molecule has 0 saturated heterocycles. The number of benzene rings is 2. The summed E-state index contributed by atoms with van der Waals surface area (Å²) >= 11 is 1.29. The van der Waals surface area contributed by atoms with Crippen LogP contribution < -0.4 is 14.3 Å². The Morgan fingerprint density at radius 1 is 1.00 bits per heavy atom. The van der Waals surface area contributed by atoms with E-state index in [1.54, 1.807) is 29.9 Å². The molecule has 8 heteroatoms. The number of thiazole rings is 1. The highest BCUT2D eigenvalue weighted by atomic mass is 32.1. The van der Waals surface area contributed by atoms with Gasteiger partial charge in [0.2, 0.25) is 0 Å². The first-order valence-electron chi connectivity index (χ1n) is 8.86. The Morgan fingerprint density at radius 2 is 1.69 bits per heavy atom. The highest BCUT2D eigenvalue weighted by Gasteiger charge is 2.16. The summed E-state index contributed by atoms with van der Waals surface area (Å²) < 4.78 is 18.0. The monoisotopic (exact) mass is 414 g/mol. The number of aryl methyl sites for hydroxylation is 2. The lowest BCUT2D eigenvalue weighted by atomic mass is 10.1. The van der Waals surface area contributed by atoms with Crippen molar-refractivity contribution >= 4 is 33.4 Å². The summed E-state index contributed by atoms with van der Waals surface area (Å²) in [7, 11) is 4.40. The van der Waals surface area contributed by atoms with Gasteiger partial charge in [-0.05, 0) is 37.1 Å². The van der Waals surface area contributed by atoms with Crippen molar-refractivity contribution in [2.75, 3.05) is 21.3 Å². The van der Waals surface area contributed by atoms with E-state index in [2.05, 4.69) is 4.99 Å². The maximum Gasteiger partial charge on any atom is 0.325 e. The van der Waals surface area contributed by atoms with Crippen LogP contribution in [0.15, 0.2) is 35.3 Å². The second-order valence-corrected chi connectivity index (χ2v) is 7.45. The number of rotatable bonds is 5. The highest BCUT2D eigenvalue weighted by molar-refractivity contribution is 7.16. The van der Waals surface area contributed by atoms with Gasteiger partial charge in [-0.1, -0.05) is 17.4 Å². The third-order valence-electron chi connectivity index (χ3n) is 4.65. The van der Waals surface area contributed by atoms with E-state index in [1.807, 2.05) is 26.0 Å². The molecule has 0 fully saturated rings. The molecule has 1 amide bonds. The Labute approximate surface area is 172 Å². The molecule has 0 spiro atoms. The maximum absolute atomic E-state index is 12.8. The zero-order valence-electron chi connectivity index (χ0n) is 16.9. The number of carbonyl (C=O) groups is 2. The van der Waals surface area contributed by atoms with Gasteiger partial charge < -0.3 is 18.8 Å². The Bertz CT molecular complexity index is 1160. The third kappa shape index (κ3) is 4.17. The van der Waals surface area contributed by atoms with Crippen molar-refractivity contribution < 1.29 is 23.8 Å². The van der Waals surface area contributed by atoms with Gasteiger partial charge in [0, 0.05) is 17.7 Å². The van der Waals surface area contributed by atoms with E-state index in [9.17, 15) is 9.59 Å². The molecule has 0 aliphatic heterocycles. The summed E-state index contributed by atoms with van der Waals surface area (Å²) in [4.78, 5) is 29.4. The SMILES string of the molecule is COC(=O)Cn1c(=NC(=O)c2ccc(C)c(C)c2)sc2cc(OC)c(OC)cc21. The normalized spacial score (nSPS) is 11.6. The number of esters is 1. The summed E-state index contributed by atoms with van der Waals surface area (Å²) in [6, 6.07) is 9.00. The number of methoxy groups -OCH3 is 3. The molecule has 0 radical (unpaired) electrons. The molecule has 0 unspecified atom stereocenters. The molecule has 0 saturated carbocycles. The first-order valence-corrected chi connectivity index (χ1v) is 9.68. The number of ether oxygens (including phenoxy) is 3. The second-order valence-electron chi connectivity index (χ2n) is 6.44. The van der Waals surface area contributed by atoms with E-state index < -0.39 is 5.97 Å². The van der Waals surface area contributed by atoms with Crippen LogP contribution in [0.2, 0.25) is 0 Å². The summed E-state index contributed by atoms with van der Waals surface area (Å²) in [5, 5.41) is 0. The van der Waals surface area contributed by atoms with Crippen LogP contribution in [0.3, 0.4) is 0 Å². The average Bonchev–Trinajstić information content (AvgIpc) is 3.04. The summed E-state index contributed by atoms with van der Waals surface area (Å²) in [5.41, 5.74) is 3.30. The zero-order chi connectivity index (χ0) is 21.1. The molecule has 152 valence electrons. The predicted octanol–water partition coefficient (Wildman–Crippen LogP) is 3.25. The maximum atomic E-state index is 12.8. The fourth-order valence-corrected chi connectivity index (χ4v) is 3.89. The van der Waals surface area contributed by atoms with Crippen molar-refractivity contribution in [3.8, 4) is 11.5 Å². The summed E-state index contributed by atoms with van der Waals surface area (Å²) in [5.74, 6) is 0.249. The highest BCUT2D eigenvalue weighted by Crippen LogP contribution is 2.33. The molecule has 3 aromatic rings. The molecule has 0 atom stereocenters. The van der Waals surface area contributed by atoms with Gasteiger partial charge in [0.1, 0.15) is 6.54 Å². The largest absolute Gasteiger partial charge is 0.493 e. The molecule has 0 aliphatic carbocycles. The molecule has 29 heavy (non-hydrogen) atoms. The molecule has 2 aromatic carbocycles. The lowest BCUT2D eigenvalue weighted by molar-refractivity contribution is -0.141. The van der Waals surface area contributed by atoms with Gasteiger partial charge in [0.25, 0.3) is 5.91 Å². The molecule has 1 aromatic heterocycles. The van der Waals surface area contributed by atoms with Crippen LogP contribution in [0.1, 0.15) is 21.5 Å². The van der Waals surface area contributed by atoms with Gasteiger partial charge in [-0.25, -0.2) is 0 Å². The molecular formula is C21H22N2O5S. The van der Waals surface area contributed by atoms with Gasteiger partial charge in [-0.2, -0.15) is 4.99 Å². The Hall–Kier alpha value is -3.13. The predicted molar refractivity (Wildman–Crippen MR) is 111 cm³/mol. The summed E-state index contributed by atoms with van der Waals surface area (Å²) in [6.07, 6.45) is 0. The molecule has 0 aliphatic rings. The number of fused-ring (bicyclic) bond motifs is 1. The van der Waals surface area contributed by atoms with Crippen molar-refractivity contribution in [1.29, 1.82) is 0 Å². The van der Waals surface area contributed by atoms with E-state index in [0.29, 0.717) is 27.4 Å². The van der Waals surface area contributed by atoms with Gasteiger partial charge in [-0.15, -0.1) is 0 Å². The Balaban J connectivity index is 2.20. The van der Waals surface area contributed by atoms with Crippen molar-refractivity contribution in [2.24, 2.45) is 4.99 Å². The van der Waals surface area contributed by atoms with Crippen molar-refractivity contribution in [3.63, 3.8) is 0 Å². The van der Waals surface area contributed by atoms with Crippen molar-refractivity contribution in [3.05, 3.63) is 51.8 Å². The Kier molecular flexibility index (Phi) is 6.03. The minimum absolute atomic E-state index is 0.0784. The number of nitrogens with zero attached hydrogens (tertiary/aromatic N) is 2. The number of hydrogen-bond donors (Lipinski definition) is 0. The van der Waals surface area contributed by atoms with Gasteiger partial charge >= 0.3 is 5.97 Å². The molecule has 0 N–H and O–H groups in total. The zero-order valence-corrected chi connectivity index (χ0v) is 17.8. The van der Waals surface area contributed by atoms with Gasteiger partial charge in [0.15, 0.2) is 16.3 Å². The first kappa shape index (κ1) is 20.6. The van der Waals surface area contributed by atoms with Crippen LogP contribution in [-0.4, -0.2) is 37.8 Å². The first-order chi connectivity index (χ1) is 13.9. The second kappa shape index (κ2) is 8.48. The van der Waals surface area contributed by atoms with Crippen LogP contribution in [0.5, 0.6) is 11.5 Å². The van der Waals surface area contributed by atoms with Crippen LogP contribution in [0.4, 0.5) is 0 Å². The van der Waals surface area contributed by atoms with Gasteiger partial charge in [0.05, 0.1) is 31.5 Å². The minimum atomic E-state index is -0.445. The van der Waals surface area contributed by atoms with E-state index in [1.165, 1.54) is 25.6 Å². The fraction of sp³-hybridized carbons (Fsp3) is 0.286. The number of aromatic nitrogens is 1. The average molecular weight is 414 g/mol. The van der Waals surface area contributed by atoms with E-state index >= 15 is 0 Å². The lowest BCUT2D eigenvalue weighted by Gasteiger charge is -2.09. The van der Waals surface area contributed by atoms with Crippen LogP contribution in [-0.2, 0) is 16.1 Å². The molecule has 0 bridgehead atoms. The quantitative estimate of drug-likeness (QED) is 0.599. The number of amides is 1. The van der Waals surface area contributed by atoms with Crippen molar-refractivity contribution in [1.82, 2.24) is 4.57 Å². The molecule has 7 nitrogen and oxygen atoms in total. The smallest absolute Gasteiger partial charge is 0.325 e. The molecule has 3 rings (SSSR count). The van der Waals surface area contributed by atoms with Crippen molar-refractivity contribution in [2.45, 2.75) is 20.4 Å². The van der Waals surface area contributed by atoms with E-state index in [-0.39, 0.29) is 12.5 Å². The molecule has 1 heterocycles. The topological polar surface area (TPSA) is 79.1 Å². The lowest BCUT2D eigenvalue weighted by Crippen LogP contribution is -2.22. The van der Waals surface area contributed by atoms with Gasteiger partial charge in [-0.3, -0.25) is 9.59 Å². The van der Waals surface area contributed by atoms with Crippen LogP contribution >= 0.6 is 11.3 Å². The fourth-order valence-electron chi connectivity index (χ4n) is 2.85. The number of carbonyl (C=O) groups excluding carboxylic acids is 2. The number of hydrogen-bond acceptors (Lipinski definition) is 6. The third-order valence-corrected chi connectivity index (χ3v) is 5.70. The minimum Gasteiger partial charge on any atom is -0.493 e.